The number of hydrogen-bond donors (Lipinski definition) is 0. The Morgan fingerprint density at radius 1 is 1.56 bits per heavy atom. The molecular formula is C8H15N. The molecule has 0 rings (SSSR count). The second kappa shape index (κ2) is 5.54. The van der Waals surface area contributed by atoms with Crippen LogP contribution in [-0.2, 0) is 0 Å². The largest absolute Gasteiger partial charge is 0.297 e. The molecule has 0 spiro atoms. The minimum absolute atomic E-state index is 0.900. The minimum Gasteiger partial charge on any atom is -0.297 e. The van der Waals surface area contributed by atoms with Gasteiger partial charge in [0.15, 0.2) is 0 Å². The number of aliphatic imine (C=N–C) groups is 1. The summed E-state index contributed by atoms with van der Waals surface area (Å²) in [6.45, 7) is 7.11. The van der Waals surface area contributed by atoms with Gasteiger partial charge in [-0.25, -0.2) is 0 Å². The van der Waals surface area contributed by atoms with Crippen LogP contribution >= 0.6 is 0 Å². The Morgan fingerprint density at radius 2 is 2.22 bits per heavy atom. The summed E-state index contributed by atoms with van der Waals surface area (Å²) in [6.07, 6.45) is 5.08. The summed E-state index contributed by atoms with van der Waals surface area (Å²) in [5, 5.41) is 0. The van der Waals surface area contributed by atoms with E-state index in [2.05, 4.69) is 24.9 Å². The Labute approximate surface area is 57.5 Å². The molecule has 0 aliphatic rings. The summed E-state index contributed by atoms with van der Waals surface area (Å²) in [7, 11) is 0. The Hall–Kier alpha value is -0.590. The molecule has 0 amide bonds. The van der Waals surface area contributed by atoms with Gasteiger partial charge in [-0.1, -0.05) is 11.6 Å². The first-order valence-electron chi connectivity index (χ1n) is 3.41. The maximum Gasteiger partial charge on any atom is 0.0357 e. The molecule has 0 aliphatic carbocycles. The molecule has 0 radical (unpaired) electrons. The first-order chi connectivity index (χ1) is 4.31. The number of rotatable bonds is 3. The lowest BCUT2D eigenvalue weighted by atomic mass is 10.2. The van der Waals surface area contributed by atoms with E-state index in [1.165, 1.54) is 5.57 Å². The zero-order chi connectivity index (χ0) is 7.11. The van der Waals surface area contributed by atoms with Crippen molar-refractivity contribution in [2.24, 2.45) is 4.99 Å². The molecule has 9 heavy (non-hydrogen) atoms. The molecule has 0 saturated heterocycles. The van der Waals surface area contributed by atoms with Crippen LogP contribution in [0.3, 0.4) is 0 Å². The second-order valence-electron chi connectivity index (χ2n) is 2.02. The summed E-state index contributed by atoms with van der Waals surface area (Å²) < 4.78 is 0. The predicted molar refractivity (Wildman–Crippen MR) is 43.1 cm³/mol. The average molecular weight is 125 g/mol. The summed E-state index contributed by atoms with van der Waals surface area (Å²) in [5.74, 6) is 0. The standard InChI is InChI=1S/C8H15N/c1-4-8(3)6-7-9-5-2/h4,7H,5-6H2,1-3H3/b8-4-,9-7?. The van der Waals surface area contributed by atoms with Crippen molar-refractivity contribution in [2.75, 3.05) is 6.54 Å². The Morgan fingerprint density at radius 3 is 2.67 bits per heavy atom. The monoisotopic (exact) mass is 125 g/mol. The normalized spacial score (nSPS) is 13.0. The summed E-state index contributed by atoms with van der Waals surface area (Å²) in [4.78, 5) is 4.09. The maximum absolute atomic E-state index is 4.09. The van der Waals surface area contributed by atoms with Crippen molar-refractivity contribution in [1.29, 1.82) is 0 Å². The smallest absolute Gasteiger partial charge is 0.0357 e. The van der Waals surface area contributed by atoms with Crippen LogP contribution < -0.4 is 0 Å². The zero-order valence-electron chi connectivity index (χ0n) is 6.52. The van der Waals surface area contributed by atoms with Crippen LogP contribution in [0, 0.1) is 0 Å². The van der Waals surface area contributed by atoms with Crippen molar-refractivity contribution in [3.8, 4) is 0 Å². The van der Waals surface area contributed by atoms with Gasteiger partial charge >= 0.3 is 0 Å². The Kier molecular flexibility index (Phi) is 5.18. The molecule has 0 fully saturated rings. The van der Waals surface area contributed by atoms with Gasteiger partial charge < -0.3 is 0 Å². The van der Waals surface area contributed by atoms with E-state index in [9.17, 15) is 0 Å². The molecule has 0 aromatic rings. The van der Waals surface area contributed by atoms with Gasteiger partial charge in [-0.2, -0.15) is 0 Å². The fourth-order valence-electron chi connectivity index (χ4n) is 0.455. The molecule has 0 bridgehead atoms. The lowest BCUT2D eigenvalue weighted by molar-refractivity contribution is 1.12. The van der Waals surface area contributed by atoms with Crippen LogP contribution in [0.25, 0.3) is 0 Å². The molecule has 0 N–H and O–H groups in total. The van der Waals surface area contributed by atoms with Crippen LogP contribution in [0.2, 0.25) is 0 Å². The first-order valence-corrected chi connectivity index (χ1v) is 3.41. The van der Waals surface area contributed by atoms with Crippen molar-refractivity contribution >= 4 is 6.21 Å². The summed E-state index contributed by atoms with van der Waals surface area (Å²) in [6, 6.07) is 0. The fourth-order valence-corrected chi connectivity index (χ4v) is 0.455. The highest BCUT2D eigenvalue weighted by Gasteiger charge is 1.79. The lowest BCUT2D eigenvalue weighted by Crippen LogP contribution is -1.78. The van der Waals surface area contributed by atoms with Crippen molar-refractivity contribution in [1.82, 2.24) is 0 Å². The van der Waals surface area contributed by atoms with Crippen LogP contribution in [0.15, 0.2) is 16.6 Å². The molecule has 0 aliphatic heterocycles. The van der Waals surface area contributed by atoms with Crippen LogP contribution in [0.5, 0.6) is 0 Å². The molecule has 52 valence electrons. The van der Waals surface area contributed by atoms with Gasteiger partial charge in [0.2, 0.25) is 0 Å². The topological polar surface area (TPSA) is 12.4 Å². The highest BCUT2D eigenvalue weighted by atomic mass is 14.7. The Balaban J connectivity index is 3.38. The van der Waals surface area contributed by atoms with Gasteiger partial charge in [0.1, 0.15) is 0 Å². The highest BCUT2D eigenvalue weighted by Crippen LogP contribution is 1.94. The van der Waals surface area contributed by atoms with Gasteiger partial charge in [-0.05, 0) is 20.8 Å². The van der Waals surface area contributed by atoms with E-state index in [-0.39, 0.29) is 0 Å². The van der Waals surface area contributed by atoms with Gasteiger partial charge in [-0.15, -0.1) is 0 Å². The van der Waals surface area contributed by atoms with E-state index in [1.54, 1.807) is 0 Å². The third kappa shape index (κ3) is 5.28. The van der Waals surface area contributed by atoms with Crippen LogP contribution in [0.4, 0.5) is 0 Å². The van der Waals surface area contributed by atoms with E-state index >= 15 is 0 Å². The molecule has 0 aromatic heterocycles. The Bertz CT molecular complexity index is 112. The summed E-state index contributed by atoms with van der Waals surface area (Å²) in [5.41, 5.74) is 1.38. The van der Waals surface area contributed by atoms with Gasteiger partial charge in [0.05, 0.1) is 0 Å². The number of hydrogen-bond acceptors (Lipinski definition) is 1. The minimum atomic E-state index is 0.900. The number of nitrogens with zero attached hydrogens (tertiary/aromatic N) is 1. The first kappa shape index (κ1) is 8.41. The molecule has 1 nitrogen and oxygen atoms in total. The third-order valence-corrected chi connectivity index (χ3v) is 1.22. The van der Waals surface area contributed by atoms with Crippen molar-refractivity contribution in [3.05, 3.63) is 11.6 Å². The molecule has 0 saturated carbocycles. The van der Waals surface area contributed by atoms with E-state index in [0.717, 1.165) is 13.0 Å². The third-order valence-electron chi connectivity index (χ3n) is 1.22. The SMILES string of the molecule is C/C=C(/C)CC=NCC. The predicted octanol–water partition coefficient (Wildman–Crippen LogP) is 2.43. The van der Waals surface area contributed by atoms with Gasteiger partial charge in [0.25, 0.3) is 0 Å². The molecule has 0 heterocycles. The number of allylic oxidation sites excluding steroid dienone is 2. The van der Waals surface area contributed by atoms with E-state index in [0.29, 0.717) is 0 Å². The molecule has 1 heteroatoms. The molecule has 0 unspecified atom stereocenters. The highest BCUT2D eigenvalue weighted by molar-refractivity contribution is 5.60. The van der Waals surface area contributed by atoms with E-state index in [1.807, 2.05) is 13.1 Å². The fraction of sp³-hybridized carbons (Fsp3) is 0.625. The van der Waals surface area contributed by atoms with Crippen LogP contribution in [-0.4, -0.2) is 12.8 Å². The van der Waals surface area contributed by atoms with E-state index < -0.39 is 0 Å². The molecule has 0 aromatic carbocycles. The second-order valence-corrected chi connectivity index (χ2v) is 2.02. The van der Waals surface area contributed by atoms with E-state index in [4.69, 9.17) is 0 Å². The summed E-state index contributed by atoms with van der Waals surface area (Å²) >= 11 is 0. The molecule has 0 atom stereocenters. The van der Waals surface area contributed by atoms with Gasteiger partial charge in [-0.3, -0.25) is 4.99 Å². The van der Waals surface area contributed by atoms with Gasteiger partial charge in [0, 0.05) is 19.2 Å². The zero-order valence-corrected chi connectivity index (χ0v) is 6.52. The quantitative estimate of drug-likeness (QED) is 0.406. The van der Waals surface area contributed by atoms with Crippen molar-refractivity contribution < 1.29 is 0 Å². The van der Waals surface area contributed by atoms with Crippen molar-refractivity contribution in [3.63, 3.8) is 0 Å². The van der Waals surface area contributed by atoms with Crippen molar-refractivity contribution in [2.45, 2.75) is 27.2 Å². The average Bonchev–Trinajstić information content (AvgIpc) is 1.89. The lowest BCUT2D eigenvalue weighted by Gasteiger charge is -1.89. The maximum atomic E-state index is 4.09. The molecular weight excluding hydrogens is 110 g/mol. The van der Waals surface area contributed by atoms with Crippen LogP contribution in [0.1, 0.15) is 27.2 Å².